The quantitative estimate of drug-likeness (QED) is 0.167. The molecule has 1 heteroatoms. The third-order valence-corrected chi connectivity index (χ3v) is 14.0. The van der Waals surface area contributed by atoms with Crippen molar-refractivity contribution in [1.82, 2.24) is 0 Å². The molecule has 5 aliphatic carbocycles. The van der Waals surface area contributed by atoms with Gasteiger partial charge in [0.1, 0.15) is 0 Å². The summed E-state index contributed by atoms with van der Waals surface area (Å²) in [6.45, 7) is 0. The predicted molar refractivity (Wildman–Crippen MR) is 222 cm³/mol. The zero-order chi connectivity index (χ0) is 34.7. The largest absolute Gasteiger partial charge is 0.310 e. The summed E-state index contributed by atoms with van der Waals surface area (Å²) in [6.07, 6.45) is 7.04. The van der Waals surface area contributed by atoms with Gasteiger partial charge in [0.2, 0.25) is 0 Å². The van der Waals surface area contributed by atoms with Crippen LogP contribution in [0.1, 0.15) is 43.2 Å². The van der Waals surface area contributed by atoms with Gasteiger partial charge in [-0.05, 0) is 152 Å². The molecule has 0 aliphatic heterocycles. The van der Waals surface area contributed by atoms with Crippen molar-refractivity contribution in [2.75, 3.05) is 4.90 Å². The molecule has 0 radical (unpaired) electrons. The molecule has 0 N–H and O–H groups in total. The molecule has 1 nitrogen and oxygen atoms in total. The zero-order valence-electron chi connectivity index (χ0n) is 29.9. The lowest BCUT2D eigenvalue weighted by Gasteiger charge is -2.61. The Labute approximate surface area is 311 Å². The van der Waals surface area contributed by atoms with E-state index in [1.165, 1.54) is 104 Å². The maximum Gasteiger partial charge on any atom is 0.0540 e. The molecule has 0 unspecified atom stereocenters. The van der Waals surface area contributed by atoms with Gasteiger partial charge in [-0.25, -0.2) is 0 Å². The summed E-state index contributed by atoms with van der Waals surface area (Å²) in [5, 5.41) is 7.72. The van der Waals surface area contributed by atoms with Crippen molar-refractivity contribution < 1.29 is 0 Å². The lowest BCUT2D eigenvalue weighted by atomic mass is 9.43. The third kappa shape index (κ3) is 4.25. The molecule has 254 valence electrons. The molecule has 8 aromatic rings. The Morgan fingerprint density at radius 2 is 1.00 bits per heavy atom. The van der Waals surface area contributed by atoms with Gasteiger partial charge >= 0.3 is 0 Å². The second-order valence-electron chi connectivity index (χ2n) is 16.6. The van der Waals surface area contributed by atoms with Gasteiger partial charge in [0.05, 0.1) is 5.69 Å². The SMILES string of the molecule is c1ccc2c(c1)-c1ccc(N(c3ccc(-c4ccc5c(ccc6ccccc65)c4)cc3)c3cccc4ccccc34)cc1C21C2CC3CC(C2)CC1C3. The standard InChI is InChI=1S/C52H41N/c1-3-11-44-37(9-1)16-17-39-31-38(20-24-45(39)44)35-18-21-42(22-19-35)53(51-15-7-10-36-8-2-4-12-46(36)51)43-23-25-48-47-13-5-6-14-49(47)52(50(48)32-43)40-27-33-26-34(29-40)30-41(52)28-33/h1-25,31-34,40-41H,26-30H2. The second-order valence-corrected chi connectivity index (χ2v) is 16.6. The maximum absolute atomic E-state index is 2.63. The number of anilines is 3. The van der Waals surface area contributed by atoms with E-state index in [1.807, 2.05) is 0 Å². The minimum Gasteiger partial charge on any atom is -0.310 e. The van der Waals surface area contributed by atoms with Crippen molar-refractivity contribution >= 4 is 49.4 Å². The Morgan fingerprint density at radius 3 is 1.81 bits per heavy atom. The number of hydrogen-bond acceptors (Lipinski definition) is 1. The smallest absolute Gasteiger partial charge is 0.0540 e. The topological polar surface area (TPSA) is 3.24 Å². The van der Waals surface area contributed by atoms with Crippen LogP contribution in [0.15, 0.2) is 164 Å². The fourth-order valence-corrected chi connectivity index (χ4v) is 12.1. The van der Waals surface area contributed by atoms with E-state index in [-0.39, 0.29) is 5.41 Å². The summed E-state index contributed by atoms with van der Waals surface area (Å²) in [5.74, 6) is 3.33. The van der Waals surface area contributed by atoms with E-state index in [4.69, 9.17) is 0 Å². The highest BCUT2D eigenvalue weighted by Gasteiger charge is 2.61. The van der Waals surface area contributed by atoms with Crippen molar-refractivity contribution in [3.05, 3.63) is 175 Å². The molecule has 5 aliphatic rings. The highest BCUT2D eigenvalue weighted by atomic mass is 15.1. The van der Waals surface area contributed by atoms with E-state index in [9.17, 15) is 0 Å². The van der Waals surface area contributed by atoms with Crippen molar-refractivity contribution in [2.45, 2.75) is 37.5 Å². The first kappa shape index (κ1) is 29.9. The van der Waals surface area contributed by atoms with E-state index >= 15 is 0 Å². The molecule has 0 aromatic heterocycles. The van der Waals surface area contributed by atoms with Crippen LogP contribution >= 0.6 is 0 Å². The van der Waals surface area contributed by atoms with Crippen LogP contribution in [-0.4, -0.2) is 0 Å². The van der Waals surface area contributed by atoms with Gasteiger partial charge in [0, 0.05) is 22.2 Å². The molecule has 0 heterocycles. The summed E-state index contributed by atoms with van der Waals surface area (Å²) in [7, 11) is 0. The Kier molecular flexibility index (Phi) is 6.30. The summed E-state index contributed by atoms with van der Waals surface area (Å²) < 4.78 is 0. The third-order valence-electron chi connectivity index (χ3n) is 14.0. The minimum atomic E-state index is 0.130. The Bertz CT molecular complexity index is 2720. The average molecular weight is 680 g/mol. The van der Waals surface area contributed by atoms with Crippen LogP contribution in [0.2, 0.25) is 0 Å². The summed E-state index contributed by atoms with van der Waals surface area (Å²) in [6, 6.07) is 62.0. The molecule has 0 atom stereocenters. The van der Waals surface area contributed by atoms with Crippen LogP contribution in [-0.2, 0) is 5.41 Å². The Balaban J connectivity index is 1.02. The number of rotatable bonds is 4. The number of fused-ring (bicyclic) bond motifs is 7. The van der Waals surface area contributed by atoms with Gasteiger partial charge < -0.3 is 4.90 Å². The first-order valence-corrected chi connectivity index (χ1v) is 19.8. The fourth-order valence-electron chi connectivity index (χ4n) is 12.1. The van der Waals surface area contributed by atoms with Crippen LogP contribution < -0.4 is 4.90 Å². The zero-order valence-corrected chi connectivity index (χ0v) is 29.9. The molecule has 53 heavy (non-hydrogen) atoms. The van der Waals surface area contributed by atoms with E-state index in [2.05, 4.69) is 169 Å². The number of nitrogens with zero attached hydrogens (tertiary/aromatic N) is 1. The maximum atomic E-state index is 2.63. The molecule has 8 aromatic carbocycles. The molecule has 4 saturated carbocycles. The number of benzene rings is 8. The van der Waals surface area contributed by atoms with Gasteiger partial charge in [-0.15, -0.1) is 0 Å². The fraction of sp³-hybridized carbons (Fsp3) is 0.192. The van der Waals surface area contributed by atoms with E-state index in [0.717, 1.165) is 23.7 Å². The molecule has 0 saturated heterocycles. The summed E-state index contributed by atoms with van der Waals surface area (Å²) in [5.41, 5.74) is 12.4. The molecule has 13 rings (SSSR count). The molecular formula is C52H41N. The average Bonchev–Trinajstić information content (AvgIpc) is 3.50. The van der Waals surface area contributed by atoms with Crippen molar-refractivity contribution in [2.24, 2.45) is 23.7 Å². The number of hydrogen-bond donors (Lipinski definition) is 0. The normalized spacial score (nSPS) is 23.5. The molecular weight excluding hydrogens is 639 g/mol. The van der Waals surface area contributed by atoms with Crippen LogP contribution in [0, 0.1) is 23.7 Å². The van der Waals surface area contributed by atoms with Crippen LogP contribution in [0.5, 0.6) is 0 Å². The second kappa shape index (κ2) is 11.2. The van der Waals surface area contributed by atoms with Crippen molar-refractivity contribution in [1.29, 1.82) is 0 Å². The first-order valence-electron chi connectivity index (χ1n) is 19.8. The van der Waals surface area contributed by atoms with Gasteiger partial charge in [0.25, 0.3) is 0 Å². The Hall–Kier alpha value is -5.66. The molecule has 4 bridgehead atoms. The summed E-state index contributed by atoms with van der Waals surface area (Å²) >= 11 is 0. The Morgan fingerprint density at radius 1 is 0.396 bits per heavy atom. The summed E-state index contributed by atoms with van der Waals surface area (Å²) in [4.78, 5) is 2.53. The molecule has 0 amide bonds. The van der Waals surface area contributed by atoms with Gasteiger partial charge in [-0.1, -0.05) is 127 Å². The van der Waals surface area contributed by atoms with E-state index < -0.39 is 0 Å². The van der Waals surface area contributed by atoms with Crippen LogP contribution in [0.4, 0.5) is 17.1 Å². The monoisotopic (exact) mass is 679 g/mol. The van der Waals surface area contributed by atoms with E-state index in [1.54, 1.807) is 11.1 Å². The predicted octanol–water partition coefficient (Wildman–Crippen LogP) is 14.0. The lowest BCUT2D eigenvalue weighted by Crippen LogP contribution is -2.55. The van der Waals surface area contributed by atoms with Crippen LogP contribution in [0.25, 0.3) is 54.6 Å². The van der Waals surface area contributed by atoms with Crippen molar-refractivity contribution in [3.63, 3.8) is 0 Å². The van der Waals surface area contributed by atoms with E-state index in [0.29, 0.717) is 0 Å². The van der Waals surface area contributed by atoms with Crippen molar-refractivity contribution in [3.8, 4) is 22.3 Å². The highest BCUT2D eigenvalue weighted by molar-refractivity contribution is 6.08. The van der Waals surface area contributed by atoms with Crippen LogP contribution in [0.3, 0.4) is 0 Å². The van der Waals surface area contributed by atoms with Gasteiger partial charge in [0.15, 0.2) is 0 Å². The lowest BCUT2D eigenvalue weighted by molar-refractivity contribution is -0.0399. The molecule has 4 fully saturated rings. The highest BCUT2D eigenvalue weighted by Crippen LogP contribution is 2.69. The molecule has 1 spiro atoms. The van der Waals surface area contributed by atoms with Gasteiger partial charge in [-0.3, -0.25) is 0 Å². The van der Waals surface area contributed by atoms with Gasteiger partial charge in [-0.2, -0.15) is 0 Å². The first-order chi connectivity index (χ1) is 26.2. The minimum absolute atomic E-state index is 0.130.